The van der Waals surface area contributed by atoms with E-state index in [2.05, 4.69) is 19.2 Å². The Hall–Kier alpha value is -3.52. The summed E-state index contributed by atoms with van der Waals surface area (Å²) in [6.45, 7) is 8.06. The molecule has 7 nitrogen and oxygen atoms in total. The van der Waals surface area contributed by atoms with Gasteiger partial charge in [0.1, 0.15) is 18.0 Å². The molecule has 3 aromatic carbocycles. The number of hydrogen-bond acceptors (Lipinski definition) is 5. The van der Waals surface area contributed by atoms with E-state index >= 15 is 0 Å². The highest BCUT2D eigenvalue weighted by molar-refractivity contribution is 7.92. The Morgan fingerprint density at radius 2 is 1.51 bits per heavy atom. The van der Waals surface area contributed by atoms with E-state index in [9.17, 15) is 13.2 Å². The van der Waals surface area contributed by atoms with Crippen LogP contribution in [0.3, 0.4) is 0 Å². The molecule has 1 N–H and O–H groups in total. The predicted molar refractivity (Wildman–Crippen MR) is 147 cm³/mol. The van der Waals surface area contributed by atoms with Gasteiger partial charge in [-0.15, -0.1) is 0 Å². The molecule has 3 aromatic rings. The lowest BCUT2D eigenvalue weighted by atomic mass is 9.97. The number of carbonyl (C=O) groups excluding carboxylic acids is 1. The van der Waals surface area contributed by atoms with Crippen LogP contribution in [0.2, 0.25) is 0 Å². The molecule has 0 heterocycles. The first kappa shape index (κ1) is 28.1. The standard InChI is InChI=1S/C29H36N2O5S/c1-6-36-26-15-11-24(12-16-26)31(37(33,34)27-17-7-22(4)8-18-27)20-29(32)30-28(19-21(2)3)23-9-13-25(35-5)14-10-23/h7-18,21,28H,6,19-20H2,1-5H3,(H,30,32)/t28-/m0/s1. The number of nitrogens with zero attached hydrogens (tertiary/aromatic N) is 1. The van der Waals surface area contributed by atoms with Crippen molar-refractivity contribution in [3.63, 3.8) is 0 Å². The number of hydrogen-bond donors (Lipinski definition) is 1. The minimum atomic E-state index is -4.01. The maximum Gasteiger partial charge on any atom is 0.264 e. The van der Waals surface area contributed by atoms with E-state index in [1.807, 2.05) is 38.1 Å². The van der Waals surface area contributed by atoms with Gasteiger partial charge >= 0.3 is 0 Å². The summed E-state index contributed by atoms with van der Waals surface area (Å²) in [6, 6.07) is 20.6. The fraction of sp³-hybridized carbons (Fsp3) is 0.345. The highest BCUT2D eigenvalue weighted by Gasteiger charge is 2.28. The monoisotopic (exact) mass is 524 g/mol. The Balaban J connectivity index is 1.92. The van der Waals surface area contributed by atoms with Crippen LogP contribution in [0.1, 0.15) is 44.4 Å². The van der Waals surface area contributed by atoms with Crippen molar-refractivity contribution in [3.05, 3.63) is 83.9 Å². The van der Waals surface area contributed by atoms with Gasteiger partial charge in [-0.3, -0.25) is 9.10 Å². The minimum absolute atomic E-state index is 0.119. The van der Waals surface area contributed by atoms with Crippen LogP contribution in [0.15, 0.2) is 77.7 Å². The van der Waals surface area contributed by atoms with Crippen LogP contribution in [-0.2, 0) is 14.8 Å². The van der Waals surface area contributed by atoms with E-state index in [0.29, 0.717) is 30.4 Å². The number of rotatable bonds is 12. The van der Waals surface area contributed by atoms with Crippen molar-refractivity contribution in [2.45, 2.75) is 45.1 Å². The summed E-state index contributed by atoms with van der Waals surface area (Å²) in [5.74, 6) is 1.26. The number of aryl methyl sites for hydroxylation is 1. The second-order valence-corrected chi connectivity index (χ2v) is 11.1. The van der Waals surface area contributed by atoms with Crippen LogP contribution in [-0.4, -0.2) is 34.6 Å². The summed E-state index contributed by atoms with van der Waals surface area (Å²) in [5, 5.41) is 3.06. The van der Waals surface area contributed by atoms with E-state index in [-0.39, 0.29) is 17.5 Å². The predicted octanol–water partition coefficient (Wildman–Crippen LogP) is 5.50. The molecule has 8 heteroatoms. The highest BCUT2D eigenvalue weighted by Crippen LogP contribution is 2.27. The quantitative estimate of drug-likeness (QED) is 0.338. The van der Waals surface area contributed by atoms with E-state index in [1.165, 1.54) is 0 Å². The number of methoxy groups -OCH3 is 1. The lowest BCUT2D eigenvalue weighted by molar-refractivity contribution is -0.120. The number of amides is 1. The summed E-state index contributed by atoms with van der Waals surface area (Å²) in [5.41, 5.74) is 2.25. The van der Waals surface area contributed by atoms with Crippen molar-refractivity contribution in [3.8, 4) is 11.5 Å². The van der Waals surface area contributed by atoms with Crippen LogP contribution < -0.4 is 19.1 Å². The first-order chi connectivity index (χ1) is 17.6. The van der Waals surface area contributed by atoms with E-state index in [4.69, 9.17) is 9.47 Å². The molecule has 0 fully saturated rings. The SMILES string of the molecule is CCOc1ccc(N(CC(=O)N[C@@H](CC(C)C)c2ccc(OC)cc2)S(=O)(=O)c2ccc(C)cc2)cc1. The molecule has 0 unspecified atom stereocenters. The molecule has 0 aliphatic heterocycles. The summed E-state index contributed by atoms with van der Waals surface area (Å²) in [6.07, 6.45) is 0.700. The third-order valence-electron chi connectivity index (χ3n) is 5.89. The molecule has 3 rings (SSSR count). The fourth-order valence-corrected chi connectivity index (χ4v) is 5.41. The second kappa shape index (κ2) is 12.6. The third-order valence-corrected chi connectivity index (χ3v) is 7.68. The van der Waals surface area contributed by atoms with Gasteiger partial charge in [-0.25, -0.2) is 8.42 Å². The zero-order valence-corrected chi connectivity index (χ0v) is 22.9. The van der Waals surface area contributed by atoms with Crippen LogP contribution in [0.4, 0.5) is 5.69 Å². The Labute approximate surface area is 220 Å². The van der Waals surface area contributed by atoms with Gasteiger partial charge < -0.3 is 14.8 Å². The summed E-state index contributed by atoms with van der Waals surface area (Å²) < 4.78 is 39.3. The fourth-order valence-electron chi connectivity index (χ4n) is 3.98. The van der Waals surface area contributed by atoms with Crippen molar-refractivity contribution in [2.24, 2.45) is 5.92 Å². The average Bonchev–Trinajstić information content (AvgIpc) is 2.87. The van der Waals surface area contributed by atoms with E-state index in [1.54, 1.807) is 55.6 Å². The molecule has 0 aliphatic rings. The number of carbonyl (C=O) groups is 1. The largest absolute Gasteiger partial charge is 0.497 e. The van der Waals surface area contributed by atoms with Crippen molar-refractivity contribution >= 4 is 21.6 Å². The van der Waals surface area contributed by atoms with Crippen molar-refractivity contribution in [1.82, 2.24) is 5.32 Å². The molecule has 0 saturated carbocycles. The molecule has 0 saturated heterocycles. The van der Waals surface area contributed by atoms with Gasteiger partial charge in [0, 0.05) is 0 Å². The maximum atomic E-state index is 13.7. The van der Waals surface area contributed by atoms with Crippen molar-refractivity contribution in [2.75, 3.05) is 24.6 Å². The topological polar surface area (TPSA) is 84.9 Å². The van der Waals surface area contributed by atoms with Crippen molar-refractivity contribution in [1.29, 1.82) is 0 Å². The molecule has 0 bridgehead atoms. The number of benzene rings is 3. The van der Waals surface area contributed by atoms with Gasteiger partial charge in [0.05, 0.1) is 30.3 Å². The normalized spacial score (nSPS) is 12.2. The van der Waals surface area contributed by atoms with Gasteiger partial charge in [0.25, 0.3) is 10.0 Å². The zero-order chi connectivity index (χ0) is 27.0. The molecule has 37 heavy (non-hydrogen) atoms. The molecule has 0 radical (unpaired) electrons. The number of anilines is 1. The second-order valence-electron chi connectivity index (χ2n) is 9.27. The maximum absolute atomic E-state index is 13.7. The summed E-state index contributed by atoms with van der Waals surface area (Å²) >= 11 is 0. The van der Waals surface area contributed by atoms with E-state index in [0.717, 1.165) is 21.2 Å². The third kappa shape index (κ3) is 7.49. The Bertz CT molecular complexity index is 1260. The minimum Gasteiger partial charge on any atom is -0.497 e. The molecule has 0 aliphatic carbocycles. The lowest BCUT2D eigenvalue weighted by Gasteiger charge is -2.27. The highest BCUT2D eigenvalue weighted by atomic mass is 32.2. The summed E-state index contributed by atoms with van der Waals surface area (Å²) in [4.78, 5) is 13.5. The average molecular weight is 525 g/mol. The van der Waals surface area contributed by atoms with Gasteiger partial charge in [-0.2, -0.15) is 0 Å². The molecule has 1 atom stereocenters. The zero-order valence-electron chi connectivity index (χ0n) is 22.1. The van der Waals surface area contributed by atoms with Gasteiger partial charge in [-0.05, 0) is 80.3 Å². The van der Waals surface area contributed by atoms with Crippen LogP contribution in [0.5, 0.6) is 11.5 Å². The lowest BCUT2D eigenvalue weighted by Crippen LogP contribution is -2.42. The molecule has 0 aromatic heterocycles. The van der Waals surface area contributed by atoms with Crippen LogP contribution >= 0.6 is 0 Å². The van der Waals surface area contributed by atoms with E-state index < -0.39 is 15.9 Å². The van der Waals surface area contributed by atoms with Gasteiger partial charge in [0.2, 0.25) is 5.91 Å². The number of sulfonamides is 1. The Kier molecular flexibility index (Phi) is 9.58. The molecule has 198 valence electrons. The van der Waals surface area contributed by atoms with Crippen LogP contribution in [0, 0.1) is 12.8 Å². The molecule has 1 amide bonds. The Morgan fingerprint density at radius 3 is 2.05 bits per heavy atom. The number of nitrogens with one attached hydrogen (secondary N) is 1. The van der Waals surface area contributed by atoms with Gasteiger partial charge in [-0.1, -0.05) is 43.7 Å². The smallest absolute Gasteiger partial charge is 0.264 e. The number of ether oxygens (including phenoxy) is 2. The first-order valence-electron chi connectivity index (χ1n) is 12.4. The molecular formula is C29H36N2O5S. The molecule has 0 spiro atoms. The van der Waals surface area contributed by atoms with Gasteiger partial charge in [0.15, 0.2) is 0 Å². The first-order valence-corrected chi connectivity index (χ1v) is 13.8. The summed E-state index contributed by atoms with van der Waals surface area (Å²) in [7, 11) is -2.40. The van der Waals surface area contributed by atoms with Crippen LogP contribution in [0.25, 0.3) is 0 Å². The Morgan fingerprint density at radius 1 is 0.919 bits per heavy atom. The van der Waals surface area contributed by atoms with Crippen molar-refractivity contribution < 1.29 is 22.7 Å². The molecular weight excluding hydrogens is 488 g/mol.